The van der Waals surface area contributed by atoms with Crippen molar-refractivity contribution in [2.24, 2.45) is 0 Å². The number of hydrogen-bond donors (Lipinski definition) is 1. The number of ether oxygens (including phenoxy) is 2. The molecule has 0 saturated heterocycles. The highest BCUT2D eigenvalue weighted by atomic mass is 32.1. The number of aryl methyl sites for hydroxylation is 1. The summed E-state index contributed by atoms with van der Waals surface area (Å²) in [6.07, 6.45) is -6.23. The molecule has 0 bridgehead atoms. The molecule has 0 saturated carbocycles. The van der Waals surface area contributed by atoms with Crippen LogP contribution in [0.25, 0.3) is 21.7 Å². The molecule has 0 aliphatic heterocycles. The fourth-order valence-electron chi connectivity index (χ4n) is 2.54. The largest absolute Gasteiger partial charge is 0.573 e. The van der Waals surface area contributed by atoms with Crippen LogP contribution in [-0.2, 0) is 0 Å². The van der Waals surface area contributed by atoms with Gasteiger partial charge < -0.3 is 14.6 Å². The topological polar surface area (TPSA) is 92.4 Å². The second-order valence-electron chi connectivity index (χ2n) is 5.70. The fourth-order valence-corrected chi connectivity index (χ4v) is 3.45. The van der Waals surface area contributed by atoms with Gasteiger partial charge in [0.25, 0.3) is 0 Å². The average Bonchev–Trinajstić information content (AvgIpc) is 3.00. The molecule has 1 N–H and O–H groups in total. The molecule has 0 fully saturated rings. The Labute approximate surface area is 166 Å². The standard InChI is InChI=1S/C19H11F3N2O4S/c1-10-17(27-18(25)26)29-16(24-10)12-4-7-15(13(8-12)9-23)11-2-5-14(6-3-11)28-19(20,21)22/h2-8H,1H3,(H,25,26). The number of carbonyl (C=O) groups is 1. The third kappa shape index (κ3) is 4.83. The van der Waals surface area contributed by atoms with Crippen LogP contribution in [0, 0.1) is 18.3 Å². The van der Waals surface area contributed by atoms with Crippen LogP contribution in [0.5, 0.6) is 10.8 Å². The first kappa shape index (κ1) is 20.2. The van der Waals surface area contributed by atoms with Crippen LogP contribution in [0.1, 0.15) is 11.3 Å². The molecule has 29 heavy (non-hydrogen) atoms. The molecular weight excluding hydrogens is 409 g/mol. The third-order valence-electron chi connectivity index (χ3n) is 3.72. The van der Waals surface area contributed by atoms with Crippen LogP contribution in [0.4, 0.5) is 18.0 Å². The van der Waals surface area contributed by atoms with Gasteiger partial charge in [-0.25, -0.2) is 9.78 Å². The Morgan fingerprint density at radius 1 is 1.17 bits per heavy atom. The van der Waals surface area contributed by atoms with E-state index in [1.54, 1.807) is 25.1 Å². The van der Waals surface area contributed by atoms with E-state index in [4.69, 9.17) is 5.11 Å². The zero-order chi connectivity index (χ0) is 21.2. The number of hydrogen-bond acceptors (Lipinski definition) is 6. The third-order valence-corrected chi connectivity index (χ3v) is 4.80. The van der Waals surface area contributed by atoms with Gasteiger partial charge in [0, 0.05) is 5.56 Å². The molecule has 1 heterocycles. The molecule has 0 unspecified atom stereocenters. The van der Waals surface area contributed by atoms with Gasteiger partial charge in [-0.05, 0) is 36.2 Å². The molecule has 0 atom stereocenters. The van der Waals surface area contributed by atoms with Gasteiger partial charge in [-0.3, -0.25) is 0 Å². The Kier molecular flexibility index (Phi) is 5.43. The maximum atomic E-state index is 12.3. The summed E-state index contributed by atoms with van der Waals surface area (Å²) in [7, 11) is 0. The van der Waals surface area contributed by atoms with E-state index in [1.165, 1.54) is 12.1 Å². The molecule has 148 valence electrons. The van der Waals surface area contributed by atoms with Crippen molar-refractivity contribution in [3.63, 3.8) is 0 Å². The van der Waals surface area contributed by atoms with Crippen molar-refractivity contribution in [3.8, 4) is 38.6 Å². The molecular formula is C19H11F3N2O4S. The van der Waals surface area contributed by atoms with Crippen molar-refractivity contribution in [1.29, 1.82) is 5.26 Å². The first-order valence-electron chi connectivity index (χ1n) is 7.95. The van der Waals surface area contributed by atoms with Crippen molar-refractivity contribution < 1.29 is 32.5 Å². The minimum absolute atomic E-state index is 0.135. The van der Waals surface area contributed by atoms with E-state index in [2.05, 4.69) is 20.5 Å². The predicted molar refractivity (Wildman–Crippen MR) is 97.8 cm³/mol. The van der Waals surface area contributed by atoms with E-state index < -0.39 is 12.5 Å². The molecule has 0 spiro atoms. The molecule has 10 heteroatoms. The van der Waals surface area contributed by atoms with E-state index in [9.17, 15) is 23.2 Å². The zero-order valence-electron chi connectivity index (χ0n) is 14.6. The van der Waals surface area contributed by atoms with Gasteiger partial charge in [0.05, 0.1) is 17.3 Å². The van der Waals surface area contributed by atoms with Gasteiger partial charge in [0.1, 0.15) is 10.8 Å². The summed E-state index contributed by atoms with van der Waals surface area (Å²) in [5.74, 6) is -0.361. The second-order valence-corrected chi connectivity index (χ2v) is 6.67. The SMILES string of the molecule is Cc1nc(-c2ccc(-c3ccc(OC(F)(F)F)cc3)c(C#N)c2)sc1OC(=O)O. The van der Waals surface area contributed by atoms with E-state index >= 15 is 0 Å². The van der Waals surface area contributed by atoms with Crippen LogP contribution in [0.15, 0.2) is 42.5 Å². The Hall–Kier alpha value is -3.58. The fraction of sp³-hybridized carbons (Fsp3) is 0.105. The first-order valence-corrected chi connectivity index (χ1v) is 8.77. The number of alkyl halides is 3. The highest BCUT2D eigenvalue weighted by Gasteiger charge is 2.31. The van der Waals surface area contributed by atoms with Crippen molar-refractivity contribution in [2.75, 3.05) is 0 Å². The van der Waals surface area contributed by atoms with Crippen LogP contribution in [0.2, 0.25) is 0 Å². The molecule has 0 amide bonds. The summed E-state index contributed by atoms with van der Waals surface area (Å²) in [5.41, 5.74) is 2.31. The summed E-state index contributed by atoms with van der Waals surface area (Å²) >= 11 is 1.02. The van der Waals surface area contributed by atoms with Gasteiger partial charge >= 0.3 is 12.5 Å². The molecule has 3 rings (SSSR count). The number of carboxylic acid groups (broad SMARTS) is 1. The minimum atomic E-state index is -4.78. The van der Waals surface area contributed by atoms with Crippen molar-refractivity contribution in [3.05, 3.63) is 53.7 Å². The normalized spacial score (nSPS) is 11.0. The smallest absolute Gasteiger partial charge is 0.449 e. The highest BCUT2D eigenvalue weighted by Crippen LogP contribution is 2.36. The number of halogens is 3. The number of benzene rings is 2. The lowest BCUT2D eigenvalue weighted by atomic mass is 9.98. The van der Waals surface area contributed by atoms with Gasteiger partial charge in [-0.15, -0.1) is 13.2 Å². The minimum Gasteiger partial charge on any atom is -0.449 e. The second kappa shape index (κ2) is 7.81. The zero-order valence-corrected chi connectivity index (χ0v) is 15.5. The summed E-state index contributed by atoms with van der Waals surface area (Å²) < 4.78 is 45.3. The molecule has 0 aliphatic carbocycles. The highest BCUT2D eigenvalue weighted by molar-refractivity contribution is 7.17. The molecule has 0 radical (unpaired) electrons. The summed E-state index contributed by atoms with van der Waals surface area (Å²) in [6.45, 7) is 1.60. The lowest BCUT2D eigenvalue weighted by Gasteiger charge is -2.10. The summed E-state index contributed by atoms with van der Waals surface area (Å²) in [5, 5.41) is 18.8. The van der Waals surface area contributed by atoms with Gasteiger partial charge in [0.2, 0.25) is 5.06 Å². The van der Waals surface area contributed by atoms with Crippen LogP contribution in [0.3, 0.4) is 0 Å². The number of nitrogens with zero attached hydrogens (tertiary/aromatic N) is 2. The van der Waals surface area contributed by atoms with Crippen molar-refractivity contribution in [2.45, 2.75) is 13.3 Å². The molecule has 3 aromatic rings. The van der Waals surface area contributed by atoms with E-state index in [-0.39, 0.29) is 16.4 Å². The van der Waals surface area contributed by atoms with E-state index in [0.29, 0.717) is 27.4 Å². The molecule has 0 aliphatic rings. The Bertz CT molecular complexity index is 1100. The van der Waals surface area contributed by atoms with Crippen molar-refractivity contribution in [1.82, 2.24) is 4.98 Å². The van der Waals surface area contributed by atoms with Crippen LogP contribution in [-0.4, -0.2) is 22.6 Å². The number of nitriles is 1. The molecule has 2 aromatic carbocycles. The maximum absolute atomic E-state index is 12.3. The number of rotatable bonds is 4. The monoisotopic (exact) mass is 420 g/mol. The van der Waals surface area contributed by atoms with Crippen LogP contribution >= 0.6 is 11.3 Å². The summed E-state index contributed by atoms with van der Waals surface area (Å²) in [6, 6.07) is 12.1. The maximum Gasteiger partial charge on any atom is 0.573 e. The number of thiazole rings is 1. The molecule has 6 nitrogen and oxygen atoms in total. The van der Waals surface area contributed by atoms with Gasteiger partial charge in [0.15, 0.2) is 0 Å². The van der Waals surface area contributed by atoms with Crippen LogP contribution < -0.4 is 9.47 Å². The van der Waals surface area contributed by atoms with Crippen molar-refractivity contribution >= 4 is 17.5 Å². The number of aromatic nitrogens is 1. The Balaban J connectivity index is 1.92. The molecule has 1 aromatic heterocycles. The lowest BCUT2D eigenvalue weighted by Crippen LogP contribution is -2.16. The van der Waals surface area contributed by atoms with Gasteiger partial charge in [-0.2, -0.15) is 5.26 Å². The lowest BCUT2D eigenvalue weighted by molar-refractivity contribution is -0.274. The quantitative estimate of drug-likeness (QED) is 0.552. The van der Waals surface area contributed by atoms with E-state index in [1.807, 2.05) is 0 Å². The Morgan fingerprint density at radius 2 is 1.83 bits per heavy atom. The first-order chi connectivity index (χ1) is 13.7. The Morgan fingerprint density at radius 3 is 2.41 bits per heavy atom. The summed E-state index contributed by atoms with van der Waals surface area (Å²) in [4.78, 5) is 15.0. The average molecular weight is 420 g/mol. The van der Waals surface area contributed by atoms with Gasteiger partial charge in [-0.1, -0.05) is 35.6 Å². The predicted octanol–water partition coefficient (Wildman–Crippen LogP) is 5.61. The van der Waals surface area contributed by atoms with E-state index in [0.717, 1.165) is 23.5 Å².